The van der Waals surface area contributed by atoms with E-state index in [1.807, 2.05) is 36.4 Å². The average molecular weight is 465 g/mol. The van der Waals surface area contributed by atoms with E-state index in [4.69, 9.17) is 9.47 Å². The maximum atomic E-state index is 14.6. The zero-order chi connectivity index (χ0) is 24.2. The summed E-state index contributed by atoms with van der Waals surface area (Å²) >= 11 is 0. The second kappa shape index (κ2) is 13.5. The first-order valence-electron chi connectivity index (χ1n) is 12.2. The lowest BCUT2D eigenvalue weighted by Crippen LogP contribution is -2.00. The summed E-state index contributed by atoms with van der Waals surface area (Å²) in [5.41, 5.74) is 2.85. The van der Waals surface area contributed by atoms with E-state index in [2.05, 4.69) is 13.5 Å². The van der Waals surface area contributed by atoms with Crippen LogP contribution in [0, 0.1) is 11.6 Å². The van der Waals surface area contributed by atoms with Gasteiger partial charge in [0.1, 0.15) is 5.75 Å². The lowest BCUT2D eigenvalue weighted by Gasteiger charge is -2.11. The van der Waals surface area contributed by atoms with Gasteiger partial charge in [0.2, 0.25) is 5.82 Å². The average Bonchev–Trinajstić information content (AvgIpc) is 2.87. The normalized spacial score (nSPS) is 10.8. The Morgan fingerprint density at radius 2 is 1.29 bits per heavy atom. The number of ether oxygens (including phenoxy) is 2. The standard InChI is InChI=1S/C30H34F2O2/c1-3-5-7-8-9-10-22-33-26-17-15-24(16-18-26)23-11-13-25(14-12-23)27-19-20-28(30(32)29(27)31)34-21-6-4-2/h4,11-20H,2-3,5-10,21-22H2,1H3. The minimum absolute atomic E-state index is 0.0847. The second-order valence-corrected chi connectivity index (χ2v) is 8.38. The van der Waals surface area contributed by atoms with E-state index in [0.717, 1.165) is 29.9 Å². The van der Waals surface area contributed by atoms with Crippen molar-refractivity contribution in [3.63, 3.8) is 0 Å². The molecule has 0 aliphatic heterocycles. The van der Waals surface area contributed by atoms with Crippen LogP contribution < -0.4 is 9.47 Å². The smallest absolute Gasteiger partial charge is 0.201 e. The minimum Gasteiger partial charge on any atom is -0.494 e. The molecule has 4 heteroatoms. The minimum atomic E-state index is -0.970. The van der Waals surface area contributed by atoms with Crippen molar-refractivity contribution in [1.29, 1.82) is 0 Å². The predicted octanol–water partition coefficient (Wildman–Crippen LogP) is 8.99. The molecule has 0 N–H and O–H groups in total. The zero-order valence-corrected chi connectivity index (χ0v) is 20.0. The van der Waals surface area contributed by atoms with Crippen molar-refractivity contribution >= 4 is 0 Å². The molecule has 0 saturated carbocycles. The van der Waals surface area contributed by atoms with Crippen LogP contribution in [0.4, 0.5) is 8.78 Å². The van der Waals surface area contributed by atoms with Crippen molar-refractivity contribution in [3.05, 3.63) is 85.0 Å². The fourth-order valence-corrected chi connectivity index (χ4v) is 3.78. The van der Waals surface area contributed by atoms with Crippen LogP contribution in [0.2, 0.25) is 0 Å². The van der Waals surface area contributed by atoms with Gasteiger partial charge in [-0.2, -0.15) is 4.39 Å². The number of hydrogen-bond acceptors (Lipinski definition) is 2. The largest absolute Gasteiger partial charge is 0.494 e. The van der Waals surface area contributed by atoms with E-state index in [1.54, 1.807) is 24.3 Å². The first-order valence-corrected chi connectivity index (χ1v) is 12.2. The van der Waals surface area contributed by atoms with Gasteiger partial charge < -0.3 is 9.47 Å². The van der Waals surface area contributed by atoms with Crippen molar-refractivity contribution in [2.45, 2.75) is 51.9 Å². The predicted molar refractivity (Wildman–Crippen MR) is 136 cm³/mol. The molecular weight excluding hydrogens is 430 g/mol. The SMILES string of the molecule is C=CCCOc1ccc(-c2ccc(-c3ccc(OCCCCCCCC)cc3)cc2)c(F)c1F. The Balaban J connectivity index is 1.58. The van der Waals surface area contributed by atoms with Crippen molar-refractivity contribution in [3.8, 4) is 33.8 Å². The highest BCUT2D eigenvalue weighted by atomic mass is 19.2. The van der Waals surface area contributed by atoms with Crippen molar-refractivity contribution in [2.24, 2.45) is 0 Å². The summed E-state index contributed by atoms with van der Waals surface area (Å²) in [6, 6.07) is 18.4. The summed E-state index contributed by atoms with van der Waals surface area (Å²) in [6.45, 7) is 6.81. The summed E-state index contributed by atoms with van der Waals surface area (Å²) in [7, 11) is 0. The topological polar surface area (TPSA) is 18.5 Å². The Labute approximate surface area is 202 Å². The van der Waals surface area contributed by atoms with Crippen LogP contribution in [0.5, 0.6) is 11.5 Å². The van der Waals surface area contributed by atoms with E-state index >= 15 is 0 Å². The highest BCUT2D eigenvalue weighted by Gasteiger charge is 2.16. The molecule has 0 spiro atoms. The fourth-order valence-electron chi connectivity index (χ4n) is 3.78. The summed E-state index contributed by atoms with van der Waals surface area (Å²) in [5.74, 6) is -1.10. The van der Waals surface area contributed by atoms with Crippen LogP contribution in [0.3, 0.4) is 0 Å². The van der Waals surface area contributed by atoms with Crippen molar-refractivity contribution < 1.29 is 18.3 Å². The van der Waals surface area contributed by atoms with Gasteiger partial charge in [-0.1, -0.05) is 81.5 Å². The van der Waals surface area contributed by atoms with Crippen LogP contribution in [0.25, 0.3) is 22.3 Å². The molecule has 0 bridgehead atoms. The Bertz CT molecular complexity index is 1030. The number of halogens is 2. The van der Waals surface area contributed by atoms with Gasteiger partial charge in [0, 0.05) is 5.56 Å². The van der Waals surface area contributed by atoms with Gasteiger partial charge in [-0.05, 0) is 53.8 Å². The van der Waals surface area contributed by atoms with Crippen LogP contribution in [0.1, 0.15) is 51.9 Å². The Hall–Kier alpha value is -3.14. The van der Waals surface area contributed by atoms with Gasteiger partial charge in [0.15, 0.2) is 11.6 Å². The molecule has 0 aliphatic rings. The van der Waals surface area contributed by atoms with E-state index in [9.17, 15) is 8.78 Å². The maximum absolute atomic E-state index is 14.6. The van der Waals surface area contributed by atoms with Crippen LogP contribution >= 0.6 is 0 Å². The molecule has 0 radical (unpaired) electrons. The molecule has 2 nitrogen and oxygen atoms in total. The molecule has 0 heterocycles. The Kier molecular flexibility index (Phi) is 10.1. The van der Waals surface area contributed by atoms with Crippen LogP contribution in [-0.2, 0) is 0 Å². The van der Waals surface area contributed by atoms with E-state index < -0.39 is 11.6 Å². The third-order valence-corrected chi connectivity index (χ3v) is 5.78. The molecule has 3 aromatic rings. The molecule has 0 amide bonds. The van der Waals surface area contributed by atoms with Gasteiger partial charge in [-0.15, -0.1) is 6.58 Å². The maximum Gasteiger partial charge on any atom is 0.201 e. The Morgan fingerprint density at radius 1 is 0.676 bits per heavy atom. The summed E-state index contributed by atoms with van der Waals surface area (Å²) < 4.78 is 40.2. The number of benzene rings is 3. The number of hydrogen-bond donors (Lipinski definition) is 0. The molecule has 0 aliphatic carbocycles. The summed E-state index contributed by atoms with van der Waals surface area (Å²) in [5, 5.41) is 0. The lowest BCUT2D eigenvalue weighted by atomic mass is 9.99. The monoisotopic (exact) mass is 464 g/mol. The molecule has 0 unspecified atom stereocenters. The van der Waals surface area contributed by atoms with Crippen LogP contribution in [0.15, 0.2) is 73.3 Å². The quantitative estimate of drug-likeness (QED) is 0.175. The van der Waals surface area contributed by atoms with Gasteiger partial charge >= 0.3 is 0 Å². The Morgan fingerprint density at radius 3 is 1.97 bits per heavy atom. The molecule has 3 rings (SSSR count). The molecule has 3 aromatic carbocycles. The van der Waals surface area contributed by atoms with E-state index in [-0.39, 0.29) is 17.9 Å². The first kappa shape index (κ1) is 25.5. The molecule has 0 fully saturated rings. The van der Waals surface area contributed by atoms with Gasteiger partial charge in [-0.25, -0.2) is 4.39 Å². The fraction of sp³-hybridized carbons (Fsp3) is 0.333. The van der Waals surface area contributed by atoms with Gasteiger partial charge in [0.25, 0.3) is 0 Å². The van der Waals surface area contributed by atoms with Gasteiger partial charge in [0.05, 0.1) is 13.2 Å². The van der Waals surface area contributed by atoms with E-state index in [1.165, 1.54) is 38.2 Å². The van der Waals surface area contributed by atoms with Crippen molar-refractivity contribution in [1.82, 2.24) is 0 Å². The number of rotatable bonds is 14. The highest BCUT2D eigenvalue weighted by Crippen LogP contribution is 2.32. The molecule has 34 heavy (non-hydrogen) atoms. The highest BCUT2D eigenvalue weighted by molar-refractivity contribution is 5.71. The van der Waals surface area contributed by atoms with Crippen LogP contribution in [-0.4, -0.2) is 13.2 Å². The third kappa shape index (κ3) is 7.18. The molecule has 0 atom stereocenters. The van der Waals surface area contributed by atoms with E-state index in [0.29, 0.717) is 12.0 Å². The molecule has 0 aromatic heterocycles. The molecule has 0 saturated heterocycles. The third-order valence-electron chi connectivity index (χ3n) is 5.78. The molecule has 180 valence electrons. The van der Waals surface area contributed by atoms with Crippen molar-refractivity contribution in [2.75, 3.05) is 13.2 Å². The first-order chi connectivity index (χ1) is 16.6. The summed E-state index contributed by atoms with van der Waals surface area (Å²) in [4.78, 5) is 0. The lowest BCUT2D eigenvalue weighted by molar-refractivity contribution is 0.302. The summed E-state index contributed by atoms with van der Waals surface area (Å²) in [6.07, 6.45) is 9.68. The molecular formula is C30H34F2O2. The van der Waals surface area contributed by atoms with Gasteiger partial charge in [-0.3, -0.25) is 0 Å². The zero-order valence-electron chi connectivity index (χ0n) is 20.0. The number of unbranched alkanes of at least 4 members (excludes halogenated alkanes) is 5. The second-order valence-electron chi connectivity index (χ2n) is 8.38.